The Bertz CT molecular complexity index is 181. The first-order valence-corrected chi connectivity index (χ1v) is 2.95. The average molecular weight is 121 g/mol. The predicted molar refractivity (Wildman–Crippen MR) is 33.4 cm³/mol. The molecule has 0 atom stereocenters. The molecular formula is C7H7NO. The Morgan fingerprint density at radius 3 is 3.44 bits per heavy atom. The van der Waals surface area contributed by atoms with Crippen LogP contribution in [0.5, 0.6) is 0 Å². The third-order valence-electron chi connectivity index (χ3n) is 1.48. The minimum atomic E-state index is 0.715. The van der Waals surface area contributed by atoms with E-state index in [4.69, 9.17) is 4.74 Å². The molecule has 2 aliphatic rings. The zero-order valence-electron chi connectivity index (χ0n) is 4.98. The molecular weight excluding hydrogens is 114 g/mol. The van der Waals surface area contributed by atoms with E-state index in [0.717, 1.165) is 12.2 Å². The molecule has 46 valence electrons. The number of dihydropyridines is 1. The quantitative estimate of drug-likeness (QED) is 0.503. The van der Waals surface area contributed by atoms with E-state index in [1.807, 2.05) is 12.3 Å². The van der Waals surface area contributed by atoms with Gasteiger partial charge in [-0.05, 0) is 23.4 Å². The summed E-state index contributed by atoms with van der Waals surface area (Å²) in [4.78, 5) is 0. The molecule has 0 bridgehead atoms. The Morgan fingerprint density at radius 2 is 2.56 bits per heavy atom. The van der Waals surface area contributed by atoms with Crippen molar-refractivity contribution in [3.05, 3.63) is 30.0 Å². The largest absolute Gasteiger partial charge is 0.377 e. The molecule has 2 radical (unpaired) electrons. The first kappa shape index (κ1) is 5.06. The molecule has 0 aliphatic carbocycles. The summed E-state index contributed by atoms with van der Waals surface area (Å²) in [5.41, 5.74) is 2.42. The third kappa shape index (κ3) is 0.754. The lowest BCUT2D eigenvalue weighted by molar-refractivity contribution is 0.206. The van der Waals surface area contributed by atoms with Crippen LogP contribution in [-0.4, -0.2) is 13.2 Å². The molecule has 0 spiro atoms. The van der Waals surface area contributed by atoms with Crippen LogP contribution in [0.3, 0.4) is 0 Å². The van der Waals surface area contributed by atoms with E-state index >= 15 is 0 Å². The Kier molecular flexibility index (Phi) is 1.06. The fourth-order valence-electron chi connectivity index (χ4n) is 0.979. The van der Waals surface area contributed by atoms with Crippen molar-refractivity contribution in [2.24, 2.45) is 0 Å². The summed E-state index contributed by atoms with van der Waals surface area (Å²) in [5.74, 6) is 0. The van der Waals surface area contributed by atoms with Crippen LogP contribution in [0.15, 0.2) is 23.4 Å². The van der Waals surface area contributed by atoms with E-state index < -0.39 is 0 Å². The number of ether oxygens (including phenoxy) is 1. The van der Waals surface area contributed by atoms with Gasteiger partial charge in [-0.2, -0.15) is 0 Å². The minimum Gasteiger partial charge on any atom is -0.377 e. The molecule has 0 amide bonds. The van der Waals surface area contributed by atoms with Gasteiger partial charge in [0.25, 0.3) is 0 Å². The predicted octanol–water partition coefficient (Wildman–Crippen LogP) is 0.469. The lowest BCUT2D eigenvalue weighted by atomic mass is 10.1. The van der Waals surface area contributed by atoms with Crippen LogP contribution < -0.4 is 5.32 Å². The summed E-state index contributed by atoms with van der Waals surface area (Å²) in [6.45, 7) is 4.46. The standard InChI is InChI=1S/C7H7NO/c1-2-8-3-7-5-9-4-6(1)7/h1-2,8H,4-5H2. The lowest BCUT2D eigenvalue weighted by Gasteiger charge is -2.04. The highest BCUT2D eigenvalue weighted by molar-refractivity contribution is 5.37. The number of rotatable bonds is 0. The topological polar surface area (TPSA) is 21.3 Å². The molecule has 0 aromatic heterocycles. The van der Waals surface area contributed by atoms with E-state index in [1.165, 1.54) is 5.57 Å². The summed E-state index contributed by atoms with van der Waals surface area (Å²) in [7, 11) is 0. The molecule has 0 saturated carbocycles. The second-order valence-corrected chi connectivity index (χ2v) is 2.10. The Balaban J connectivity index is 2.28. The number of nitrogens with one attached hydrogen (secondary N) is 1. The van der Waals surface area contributed by atoms with Gasteiger partial charge in [0.2, 0.25) is 0 Å². The SMILES string of the molecule is [C]1NC=CC2=C1COC2. The van der Waals surface area contributed by atoms with Gasteiger partial charge in [0, 0.05) is 0 Å². The highest BCUT2D eigenvalue weighted by Gasteiger charge is 2.14. The Morgan fingerprint density at radius 1 is 1.56 bits per heavy atom. The molecule has 0 unspecified atom stereocenters. The lowest BCUT2D eigenvalue weighted by Crippen LogP contribution is -2.08. The van der Waals surface area contributed by atoms with Crippen LogP contribution in [0, 0.1) is 6.54 Å². The molecule has 9 heavy (non-hydrogen) atoms. The smallest absolute Gasteiger partial charge is 0.121 e. The van der Waals surface area contributed by atoms with Crippen LogP contribution in [0.1, 0.15) is 0 Å². The van der Waals surface area contributed by atoms with Gasteiger partial charge in [-0.3, -0.25) is 0 Å². The van der Waals surface area contributed by atoms with Gasteiger partial charge in [0.1, 0.15) is 6.54 Å². The van der Waals surface area contributed by atoms with Crippen molar-refractivity contribution < 1.29 is 4.74 Å². The van der Waals surface area contributed by atoms with E-state index in [-0.39, 0.29) is 0 Å². The van der Waals surface area contributed by atoms with Gasteiger partial charge in [-0.25, -0.2) is 0 Å². The maximum atomic E-state index is 5.16. The fourth-order valence-corrected chi connectivity index (χ4v) is 0.979. The van der Waals surface area contributed by atoms with Crippen molar-refractivity contribution in [3.63, 3.8) is 0 Å². The van der Waals surface area contributed by atoms with Crippen molar-refractivity contribution in [3.8, 4) is 0 Å². The molecule has 2 nitrogen and oxygen atoms in total. The van der Waals surface area contributed by atoms with Gasteiger partial charge in [-0.1, -0.05) is 0 Å². The van der Waals surface area contributed by atoms with Gasteiger partial charge in [0.15, 0.2) is 0 Å². The van der Waals surface area contributed by atoms with Crippen LogP contribution in [0.2, 0.25) is 0 Å². The summed E-state index contributed by atoms with van der Waals surface area (Å²) < 4.78 is 5.16. The number of hydrogen-bond acceptors (Lipinski definition) is 2. The highest BCUT2D eigenvalue weighted by atomic mass is 16.5. The van der Waals surface area contributed by atoms with Crippen LogP contribution in [0.25, 0.3) is 0 Å². The van der Waals surface area contributed by atoms with Crippen molar-refractivity contribution in [2.45, 2.75) is 0 Å². The molecule has 2 heterocycles. The van der Waals surface area contributed by atoms with Gasteiger partial charge in [-0.15, -0.1) is 0 Å². The van der Waals surface area contributed by atoms with Crippen LogP contribution in [-0.2, 0) is 4.74 Å². The molecule has 1 N–H and O–H groups in total. The van der Waals surface area contributed by atoms with Crippen molar-refractivity contribution in [1.82, 2.24) is 5.32 Å². The van der Waals surface area contributed by atoms with E-state index in [1.54, 1.807) is 0 Å². The summed E-state index contributed by atoms with van der Waals surface area (Å²) in [5, 5.41) is 2.89. The second kappa shape index (κ2) is 1.88. The zero-order chi connectivity index (χ0) is 6.10. The summed E-state index contributed by atoms with van der Waals surface area (Å²) in [6, 6.07) is 0. The molecule has 2 heteroatoms. The van der Waals surface area contributed by atoms with Crippen molar-refractivity contribution in [2.75, 3.05) is 13.2 Å². The zero-order valence-corrected chi connectivity index (χ0v) is 4.98. The normalized spacial score (nSPS) is 24.0. The molecule has 0 saturated heterocycles. The monoisotopic (exact) mass is 121 g/mol. The van der Waals surface area contributed by atoms with Crippen LogP contribution in [0.4, 0.5) is 0 Å². The Labute approximate surface area is 54.2 Å². The van der Waals surface area contributed by atoms with Crippen molar-refractivity contribution in [1.29, 1.82) is 0 Å². The van der Waals surface area contributed by atoms with E-state index in [2.05, 4.69) is 11.9 Å². The molecule has 0 fully saturated rings. The minimum absolute atomic E-state index is 0.715. The van der Waals surface area contributed by atoms with E-state index in [0.29, 0.717) is 6.61 Å². The summed E-state index contributed by atoms with van der Waals surface area (Å²) in [6.07, 6.45) is 3.90. The second-order valence-electron chi connectivity index (χ2n) is 2.10. The highest BCUT2D eigenvalue weighted by Crippen LogP contribution is 2.18. The average Bonchev–Trinajstić information content (AvgIpc) is 2.33. The Hall–Kier alpha value is -0.760. The summed E-state index contributed by atoms with van der Waals surface area (Å²) >= 11 is 0. The number of hydrogen-bond donors (Lipinski definition) is 1. The van der Waals surface area contributed by atoms with Gasteiger partial charge < -0.3 is 10.1 Å². The molecule has 2 aliphatic heterocycles. The molecule has 0 aromatic carbocycles. The van der Waals surface area contributed by atoms with Gasteiger partial charge in [0.05, 0.1) is 13.2 Å². The maximum Gasteiger partial charge on any atom is 0.121 e. The third-order valence-corrected chi connectivity index (χ3v) is 1.48. The first-order valence-electron chi connectivity index (χ1n) is 2.95. The molecule has 2 rings (SSSR count). The fraction of sp³-hybridized carbons (Fsp3) is 0.286. The maximum absolute atomic E-state index is 5.16. The molecule has 0 aromatic rings. The first-order chi connectivity index (χ1) is 4.47. The van der Waals surface area contributed by atoms with Crippen LogP contribution >= 0.6 is 0 Å². The van der Waals surface area contributed by atoms with E-state index in [9.17, 15) is 0 Å². The van der Waals surface area contributed by atoms with Gasteiger partial charge >= 0.3 is 0 Å². The van der Waals surface area contributed by atoms with Crippen molar-refractivity contribution >= 4 is 0 Å².